The maximum atomic E-state index is 13.2. The molecule has 0 amide bonds. The highest BCUT2D eigenvalue weighted by molar-refractivity contribution is 5.45. The molecule has 0 fully saturated rings. The maximum Gasteiger partial charge on any atom is 0.196 e. The van der Waals surface area contributed by atoms with Gasteiger partial charge in [-0.15, -0.1) is 0 Å². The quantitative estimate of drug-likeness (QED) is 0.783. The lowest BCUT2D eigenvalue weighted by molar-refractivity contribution is 0.170. The van der Waals surface area contributed by atoms with Gasteiger partial charge in [0, 0.05) is 18.6 Å². The van der Waals surface area contributed by atoms with E-state index in [2.05, 4.69) is 5.32 Å². The minimum absolute atomic E-state index is 0.0920. The number of hydrogen-bond acceptors (Lipinski definition) is 2. The SMILES string of the molecule is CC(C)(CO)CNc1ccc(F)c(F)c1F. The van der Waals surface area contributed by atoms with Crippen LogP contribution in [0.5, 0.6) is 0 Å². The molecule has 1 rings (SSSR count). The zero-order valence-corrected chi connectivity index (χ0v) is 9.15. The second-order valence-electron chi connectivity index (χ2n) is 4.40. The molecule has 2 nitrogen and oxygen atoms in total. The Bertz CT molecular complexity index is 380. The van der Waals surface area contributed by atoms with Crippen LogP contribution < -0.4 is 5.32 Å². The average molecular weight is 233 g/mol. The van der Waals surface area contributed by atoms with Crippen molar-refractivity contribution in [3.05, 3.63) is 29.6 Å². The Morgan fingerprint density at radius 2 is 1.81 bits per heavy atom. The molecule has 0 atom stereocenters. The highest BCUT2D eigenvalue weighted by Crippen LogP contribution is 2.21. The lowest BCUT2D eigenvalue weighted by Crippen LogP contribution is -2.27. The summed E-state index contributed by atoms with van der Waals surface area (Å²) in [5, 5.41) is 11.6. The Labute approximate surface area is 92.1 Å². The van der Waals surface area contributed by atoms with Crippen LogP contribution in [-0.2, 0) is 0 Å². The van der Waals surface area contributed by atoms with Crippen molar-refractivity contribution in [3.63, 3.8) is 0 Å². The van der Waals surface area contributed by atoms with E-state index >= 15 is 0 Å². The predicted octanol–water partition coefficient (Wildman–Crippen LogP) is 2.53. The summed E-state index contributed by atoms with van der Waals surface area (Å²) in [6, 6.07) is 1.98. The molecule has 0 aliphatic heterocycles. The fourth-order valence-corrected chi connectivity index (χ4v) is 1.05. The summed E-state index contributed by atoms with van der Waals surface area (Å²) in [6.45, 7) is 3.69. The number of aliphatic hydroxyl groups is 1. The van der Waals surface area contributed by atoms with Crippen molar-refractivity contribution in [3.8, 4) is 0 Å². The van der Waals surface area contributed by atoms with E-state index in [9.17, 15) is 13.2 Å². The summed E-state index contributed by atoms with van der Waals surface area (Å²) in [6.07, 6.45) is 0. The Kier molecular flexibility index (Phi) is 3.80. The summed E-state index contributed by atoms with van der Waals surface area (Å²) >= 11 is 0. The maximum absolute atomic E-state index is 13.2. The molecular weight excluding hydrogens is 219 g/mol. The number of hydrogen-bond donors (Lipinski definition) is 2. The topological polar surface area (TPSA) is 32.3 Å². The molecule has 5 heteroatoms. The third kappa shape index (κ3) is 2.88. The smallest absolute Gasteiger partial charge is 0.196 e. The summed E-state index contributed by atoms with van der Waals surface area (Å²) in [7, 11) is 0. The van der Waals surface area contributed by atoms with Gasteiger partial charge in [0.2, 0.25) is 0 Å². The zero-order valence-electron chi connectivity index (χ0n) is 9.15. The number of rotatable bonds is 4. The van der Waals surface area contributed by atoms with Crippen LogP contribution >= 0.6 is 0 Å². The van der Waals surface area contributed by atoms with E-state index < -0.39 is 22.9 Å². The Hall–Kier alpha value is -1.23. The first kappa shape index (κ1) is 12.8. The van der Waals surface area contributed by atoms with Crippen molar-refractivity contribution in [1.29, 1.82) is 0 Å². The molecule has 1 aromatic rings. The van der Waals surface area contributed by atoms with Crippen molar-refractivity contribution in [2.24, 2.45) is 5.41 Å². The minimum atomic E-state index is -1.49. The summed E-state index contributed by atoms with van der Waals surface area (Å²) in [5.41, 5.74) is -0.572. The Morgan fingerprint density at radius 3 is 2.38 bits per heavy atom. The third-order valence-corrected chi connectivity index (χ3v) is 2.22. The van der Waals surface area contributed by atoms with Gasteiger partial charge < -0.3 is 10.4 Å². The molecule has 0 saturated heterocycles. The lowest BCUT2D eigenvalue weighted by atomic mass is 9.95. The molecular formula is C11H14F3NO. The van der Waals surface area contributed by atoms with Crippen LogP contribution in [0.1, 0.15) is 13.8 Å². The van der Waals surface area contributed by atoms with E-state index in [4.69, 9.17) is 5.11 Å². The lowest BCUT2D eigenvalue weighted by Gasteiger charge is -2.22. The van der Waals surface area contributed by atoms with E-state index in [-0.39, 0.29) is 18.8 Å². The van der Waals surface area contributed by atoms with Gasteiger partial charge in [-0.25, -0.2) is 13.2 Å². The van der Waals surface area contributed by atoms with Crippen LogP contribution in [0.4, 0.5) is 18.9 Å². The van der Waals surface area contributed by atoms with Crippen LogP contribution in [0, 0.1) is 22.9 Å². The van der Waals surface area contributed by atoms with Gasteiger partial charge in [-0.2, -0.15) is 0 Å². The zero-order chi connectivity index (χ0) is 12.3. The van der Waals surface area contributed by atoms with Gasteiger partial charge in [-0.3, -0.25) is 0 Å². The minimum Gasteiger partial charge on any atom is -0.396 e. The first-order valence-electron chi connectivity index (χ1n) is 4.85. The summed E-state index contributed by atoms with van der Waals surface area (Å²) < 4.78 is 38.7. The van der Waals surface area contributed by atoms with Crippen molar-refractivity contribution >= 4 is 5.69 Å². The predicted molar refractivity (Wildman–Crippen MR) is 55.7 cm³/mol. The molecule has 0 aliphatic rings. The van der Waals surface area contributed by atoms with E-state index in [1.807, 2.05) is 0 Å². The van der Waals surface area contributed by atoms with Crippen molar-refractivity contribution in [1.82, 2.24) is 0 Å². The van der Waals surface area contributed by atoms with E-state index in [1.54, 1.807) is 13.8 Å². The van der Waals surface area contributed by atoms with Crippen molar-refractivity contribution in [2.45, 2.75) is 13.8 Å². The highest BCUT2D eigenvalue weighted by atomic mass is 19.2. The van der Waals surface area contributed by atoms with Gasteiger partial charge in [0.1, 0.15) is 0 Å². The molecule has 0 bridgehead atoms. The Morgan fingerprint density at radius 1 is 1.19 bits per heavy atom. The summed E-state index contributed by atoms with van der Waals surface area (Å²) in [5.74, 6) is -3.95. The number of anilines is 1. The van der Waals surface area contributed by atoms with Crippen LogP contribution in [-0.4, -0.2) is 18.3 Å². The molecule has 0 aromatic heterocycles. The molecule has 0 aliphatic carbocycles. The first-order valence-corrected chi connectivity index (χ1v) is 4.85. The molecule has 0 heterocycles. The fraction of sp³-hybridized carbons (Fsp3) is 0.455. The van der Waals surface area contributed by atoms with Crippen molar-refractivity contribution in [2.75, 3.05) is 18.5 Å². The first-order chi connectivity index (χ1) is 7.37. The molecule has 2 N–H and O–H groups in total. The fourth-order valence-electron chi connectivity index (χ4n) is 1.05. The largest absolute Gasteiger partial charge is 0.396 e. The second kappa shape index (κ2) is 4.74. The average Bonchev–Trinajstić information content (AvgIpc) is 2.25. The molecule has 1 aromatic carbocycles. The van der Waals surface area contributed by atoms with E-state index in [1.165, 1.54) is 0 Å². The molecule has 16 heavy (non-hydrogen) atoms. The molecule has 0 saturated carbocycles. The molecule has 0 radical (unpaired) electrons. The monoisotopic (exact) mass is 233 g/mol. The Balaban J connectivity index is 2.80. The van der Waals surface area contributed by atoms with E-state index in [0.717, 1.165) is 12.1 Å². The standard InChI is InChI=1S/C11H14F3NO/c1-11(2,6-16)5-15-8-4-3-7(12)9(13)10(8)14/h3-4,15-16H,5-6H2,1-2H3. The van der Waals surface area contributed by atoms with Gasteiger partial charge >= 0.3 is 0 Å². The molecule has 90 valence electrons. The normalized spacial score (nSPS) is 11.6. The molecule has 0 spiro atoms. The van der Waals surface area contributed by atoms with Gasteiger partial charge in [0.05, 0.1) is 5.69 Å². The number of halogens is 3. The van der Waals surface area contributed by atoms with Gasteiger partial charge in [0.15, 0.2) is 17.5 Å². The van der Waals surface area contributed by atoms with Crippen LogP contribution in [0.25, 0.3) is 0 Å². The van der Waals surface area contributed by atoms with Crippen LogP contribution in [0.2, 0.25) is 0 Å². The highest BCUT2D eigenvalue weighted by Gasteiger charge is 2.18. The van der Waals surface area contributed by atoms with E-state index in [0.29, 0.717) is 0 Å². The molecule has 0 unspecified atom stereocenters. The summed E-state index contributed by atoms with van der Waals surface area (Å²) in [4.78, 5) is 0. The van der Waals surface area contributed by atoms with Gasteiger partial charge in [-0.1, -0.05) is 13.8 Å². The van der Waals surface area contributed by atoms with Crippen LogP contribution in [0.3, 0.4) is 0 Å². The second-order valence-corrected chi connectivity index (χ2v) is 4.40. The van der Waals surface area contributed by atoms with Gasteiger partial charge in [-0.05, 0) is 12.1 Å². The van der Waals surface area contributed by atoms with Crippen LogP contribution in [0.15, 0.2) is 12.1 Å². The number of aliphatic hydroxyl groups excluding tert-OH is 1. The third-order valence-electron chi connectivity index (χ3n) is 2.22. The number of benzene rings is 1. The number of nitrogens with one attached hydrogen (secondary N) is 1. The van der Waals surface area contributed by atoms with Gasteiger partial charge in [0.25, 0.3) is 0 Å². The van der Waals surface area contributed by atoms with Crippen molar-refractivity contribution < 1.29 is 18.3 Å².